The Morgan fingerprint density at radius 1 is 0.913 bits per heavy atom. The minimum Gasteiger partial charge on any atom is -0.273 e. The lowest BCUT2D eigenvalue weighted by Gasteiger charge is -2.07. The van der Waals surface area contributed by atoms with Crippen LogP contribution in [0.2, 0.25) is 0 Å². The van der Waals surface area contributed by atoms with Crippen molar-refractivity contribution in [3.63, 3.8) is 0 Å². The highest BCUT2D eigenvalue weighted by Crippen LogP contribution is 2.47. The molecule has 0 unspecified atom stereocenters. The number of benzene rings is 2. The van der Waals surface area contributed by atoms with Gasteiger partial charge in [0, 0.05) is 12.3 Å². The van der Waals surface area contributed by atoms with Gasteiger partial charge >= 0.3 is 0 Å². The van der Waals surface area contributed by atoms with Crippen LogP contribution in [0.3, 0.4) is 0 Å². The maximum Gasteiger partial charge on any atom is 0.242 e. The summed E-state index contributed by atoms with van der Waals surface area (Å²) < 4.78 is 0. The van der Waals surface area contributed by atoms with Gasteiger partial charge in [-0.25, -0.2) is 0 Å². The first-order valence-corrected chi connectivity index (χ1v) is 7.91. The van der Waals surface area contributed by atoms with E-state index in [-0.39, 0.29) is 23.7 Å². The van der Waals surface area contributed by atoms with Crippen LogP contribution in [0.15, 0.2) is 60.7 Å². The van der Waals surface area contributed by atoms with E-state index in [0.29, 0.717) is 12.8 Å². The molecule has 0 radical (unpaired) electrons. The van der Waals surface area contributed by atoms with Crippen LogP contribution in [0.4, 0.5) is 0 Å². The van der Waals surface area contributed by atoms with Crippen LogP contribution in [0, 0.1) is 5.92 Å². The van der Waals surface area contributed by atoms with Gasteiger partial charge in [-0.2, -0.15) is 0 Å². The van der Waals surface area contributed by atoms with Crippen LogP contribution in [0.25, 0.3) is 0 Å². The Kier molecular flexibility index (Phi) is 4.71. The van der Waals surface area contributed by atoms with Gasteiger partial charge in [0.2, 0.25) is 11.8 Å². The van der Waals surface area contributed by atoms with Crippen LogP contribution in [-0.4, -0.2) is 11.8 Å². The first-order chi connectivity index (χ1) is 11.2. The fourth-order valence-corrected chi connectivity index (χ4v) is 2.74. The number of aryl methyl sites for hydroxylation is 1. The van der Waals surface area contributed by atoms with Gasteiger partial charge in [-0.3, -0.25) is 20.4 Å². The Bertz CT molecular complexity index is 670. The third kappa shape index (κ3) is 4.19. The number of nitrogens with one attached hydrogen (secondary N) is 2. The topological polar surface area (TPSA) is 58.2 Å². The molecule has 0 bridgehead atoms. The summed E-state index contributed by atoms with van der Waals surface area (Å²) in [5.41, 5.74) is 7.34. The molecule has 1 aliphatic carbocycles. The van der Waals surface area contributed by atoms with E-state index in [1.54, 1.807) is 0 Å². The number of carbonyl (C=O) groups is 2. The van der Waals surface area contributed by atoms with Gasteiger partial charge < -0.3 is 0 Å². The second-order valence-corrected chi connectivity index (χ2v) is 5.88. The van der Waals surface area contributed by atoms with Crippen molar-refractivity contribution >= 4 is 11.8 Å². The number of hydrazine groups is 1. The normalized spacial score (nSPS) is 19.0. The second kappa shape index (κ2) is 7.09. The van der Waals surface area contributed by atoms with Gasteiger partial charge in [-0.1, -0.05) is 60.7 Å². The smallest absolute Gasteiger partial charge is 0.242 e. The van der Waals surface area contributed by atoms with Gasteiger partial charge in [0.25, 0.3) is 0 Å². The van der Waals surface area contributed by atoms with Crippen molar-refractivity contribution in [2.75, 3.05) is 0 Å². The van der Waals surface area contributed by atoms with E-state index in [2.05, 4.69) is 10.9 Å². The molecule has 3 rings (SSSR count). The Morgan fingerprint density at radius 3 is 2.26 bits per heavy atom. The third-order valence-corrected chi connectivity index (χ3v) is 4.16. The minimum absolute atomic E-state index is 0.0353. The molecule has 2 aromatic carbocycles. The zero-order chi connectivity index (χ0) is 16.1. The molecule has 2 atom stereocenters. The highest BCUT2D eigenvalue weighted by atomic mass is 16.2. The summed E-state index contributed by atoms with van der Waals surface area (Å²) in [6.45, 7) is 0. The van der Waals surface area contributed by atoms with E-state index in [1.807, 2.05) is 60.7 Å². The minimum atomic E-state index is -0.167. The van der Waals surface area contributed by atoms with Crippen molar-refractivity contribution in [1.82, 2.24) is 10.9 Å². The molecule has 1 saturated carbocycles. The quantitative estimate of drug-likeness (QED) is 0.834. The largest absolute Gasteiger partial charge is 0.273 e. The summed E-state index contributed by atoms with van der Waals surface area (Å²) >= 11 is 0. The fourth-order valence-electron chi connectivity index (χ4n) is 2.74. The molecule has 4 heteroatoms. The number of carbonyl (C=O) groups excluding carboxylic acids is 2. The number of hydrogen-bond acceptors (Lipinski definition) is 2. The number of rotatable bonds is 5. The molecular formula is C19H20N2O2. The van der Waals surface area contributed by atoms with Gasteiger partial charge in [0.1, 0.15) is 0 Å². The monoisotopic (exact) mass is 308 g/mol. The number of amides is 2. The van der Waals surface area contributed by atoms with Gasteiger partial charge in [-0.05, 0) is 29.9 Å². The molecule has 0 aliphatic heterocycles. The average molecular weight is 308 g/mol. The lowest BCUT2D eigenvalue weighted by molar-refractivity contribution is -0.129. The van der Waals surface area contributed by atoms with Gasteiger partial charge in [0.15, 0.2) is 0 Å². The molecule has 2 amide bonds. The predicted molar refractivity (Wildman–Crippen MR) is 88.3 cm³/mol. The lowest BCUT2D eigenvalue weighted by Crippen LogP contribution is -2.42. The SMILES string of the molecule is O=C(CCc1ccccc1)NNC(=O)[C@H]1C[C@H]1c1ccccc1. The molecule has 2 aromatic rings. The van der Waals surface area contributed by atoms with E-state index >= 15 is 0 Å². The van der Waals surface area contributed by atoms with Crippen molar-refractivity contribution in [2.45, 2.75) is 25.2 Å². The molecule has 2 N–H and O–H groups in total. The summed E-state index contributed by atoms with van der Waals surface area (Å²) in [7, 11) is 0. The molecule has 0 saturated heterocycles. The summed E-state index contributed by atoms with van der Waals surface area (Å²) in [5.74, 6) is -0.0322. The molecule has 0 heterocycles. The fraction of sp³-hybridized carbons (Fsp3) is 0.263. The lowest BCUT2D eigenvalue weighted by atomic mass is 10.1. The first-order valence-electron chi connectivity index (χ1n) is 7.91. The van der Waals surface area contributed by atoms with Crippen LogP contribution in [0.1, 0.15) is 29.9 Å². The van der Waals surface area contributed by atoms with Crippen molar-refractivity contribution in [1.29, 1.82) is 0 Å². The molecule has 1 aliphatic rings. The van der Waals surface area contributed by atoms with Crippen molar-refractivity contribution in [3.8, 4) is 0 Å². The molecule has 118 valence electrons. The third-order valence-electron chi connectivity index (χ3n) is 4.16. The zero-order valence-electron chi connectivity index (χ0n) is 12.9. The summed E-state index contributed by atoms with van der Waals surface area (Å²) in [6, 6.07) is 19.8. The van der Waals surface area contributed by atoms with Crippen LogP contribution >= 0.6 is 0 Å². The van der Waals surface area contributed by atoms with Crippen LogP contribution in [-0.2, 0) is 16.0 Å². The van der Waals surface area contributed by atoms with Crippen molar-refractivity contribution in [3.05, 3.63) is 71.8 Å². The van der Waals surface area contributed by atoms with Crippen LogP contribution < -0.4 is 10.9 Å². The maximum atomic E-state index is 12.0. The molecule has 23 heavy (non-hydrogen) atoms. The summed E-state index contributed by atoms with van der Waals surface area (Å²) in [6.07, 6.45) is 1.87. The van der Waals surface area contributed by atoms with Crippen LogP contribution in [0.5, 0.6) is 0 Å². The second-order valence-electron chi connectivity index (χ2n) is 5.88. The standard InChI is InChI=1S/C19H20N2O2/c22-18(12-11-14-7-3-1-4-8-14)20-21-19(23)17-13-16(17)15-9-5-2-6-10-15/h1-10,16-17H,11-13H2,(H,20,22)(H,21,23)/t16-,17-/m0/s1. The van der Waals surface area contributed by atoms with E-state index in [1.165, 1.54) is 5.56 Å². The highest BCUT2D eigenvalue weighted by Gasteiger charge is 2.43. The van der Waals surface area contributed by atoms with E-state index in [0.717, 1.165) is 12.0 Å². The average Bonchev–Trinajstić information content (AvgIpc) is 3.40. The molecule has 4 nitrogen and oxygen atoms in total. The van der Waals surface area contributed by atoms with E-state index in [9.17, 15) is 9.59 Å². The molecule has 0 spiro atoms. The Morgan fingerprint density at radius 2 is 1.57 bits per heavy atom. The first kappa shape index (κ1) is 15.3. The highest BCUT2D eigenvalue weighted by molar-refractivity contribution is 5.86. The Balaban J connectivity index is 1.39. The number of hydrogen-bond donors (Lipinski definition) is 2. The Hall–Kier alpha value is -2.62. The van der Waals surface area contributed by atoms with E-state index < -0.39 is 0 Å². The summed E-state index contributed by atoms with van der Waals surface area (Å²) in [5, 5.41) is 0. The maximum absolute atomic E-state index is 12.0. The van der Waals surface area contributed by atoms with Gasteiger partial charge in [0.05, 0.1) is 0 Å². The summed E-state index contributed by atoms with van der Waals surface area (Å²) in [4.78, 5) is 23.8. The molecule has 1 fully saturated rings. The molecular weight excluding hydrogens is 288 g/mol. The predicted octanol–water partition coefficient (Wildman–Crippen LogP) is 2.57. The van der Waals surface area contributed by atoms with Gasteiger partial charge in [-0.15, -0.1) is 0 Å². The van der Waals surface area contributed by atoms with E-state index in [4.69, 9.17) is 0 Å². The van der Waals surface area contributed by atoms with Crippen molar-refractivity contribution < 1.29 is 9.59 Å². The Labute approximate surface area is 135 Å². The molecule has 0 aromatic heterocycles. The van der Waals surface area contributed by atoms with Crippen molar-refractivity contribution in [2.24, 2.45) is 5.92 Å². The zero-order valence-corrected chi connectivity index (χ0v) is 12.9.